The van der Waals surface area contributed by atoms with Gasteiger partial charge in [0.05, 0.1) is 6.04 Å². The number of carbonyl (C=O) groups is 6. The van der Waals surface area contributed by atoms with E-state index in [9.17, 15) is 33.9 Å². The molecule has 2 aromatic rings. The number of rotatable bonds is 16. The first-order valence-corrected chi connectivity index (χ1v) is 12.6. The lowest BCUT2D eigenvalue weighted by molar-refractivity contribution is -0.142. The molecule has 0 spiro atoms. The molecule has 14 nitrogen and oxygen atoms in total. The summed E-state index contributed by atoms with van der Waals surface area (Å²) in [6.07, 6.45) is 0.523. The lowest BCUT2D eigenvalue weighted by Crippen LogP contribution is -2.58. The molecule has 4 unspecified atom stereocenters. The van der Waals surface area contributed by atoms with E-state index >= 15 is 0 Å². The molecule has 2 rings (SSSR count). The molecular formula is C24H32N6O8S. The van der Waals surface area contributed by atoms with Crippen molar-refractivity contribution in [3.63, 3.8) is 0 Å². The number of carbonyl (C=O) groups excluding carboxylic acids is 4. The number of nitrogens with two attached hydrogens (primary N) is 2. The van der Waals surface area contributed by atoms with Crippen LogP contribution in [0.15, 0.2) is 30.5 Å². The van der Waals surface area contributed by atoms with E-state index in [1.54, 1.807) is 12.3 Å². The normalized spacial score (nSPS) is 14.0. The van der Waals surface area contributed by atoms with E-state index < -0.39 is 66.2 Å². The highest BCUT2D eigenvalue weighted by Crippen LogP contribution is 2.19. The molecule has 1 aromatic heterocycles. The number of nitrogens with one attached hydrogen (secondary N) is 4. The Labute approximate surface area is 228 Å². The van der Waals surface area contributed by atoms with Crippen molar-refractivity contribution in [1.29, 1.82) is 0 Å². The van der Waals surface area contributed by atoms with Crippen LogP contribution in [-0.2, 0) is 35.2 Å². The van der Waals surface area contributed by atoms with E-state index in [2.05, 4.69) is 33.6 Å². The first-order valence-electron chi connectivity index (χ1n) is 12.0. The maximum Gasteiger partial charge on any atom is 0.326 e. The average molecular weight is 565 g/mol. The Morgan fingerprint density at radius 2 is 1.49 bits per heavy atom. The van der Waals surface area contributed by atoms with Crippen LogP contribution in [0.2, 0.25) is 0 Å². The Bertz CT molecular complexity index is 1220. The average Bonchev–Trinajstić information content (AvgIpc) is 3.29. The zero-order valence-electron chi connectivity index (χ0n) is 20.9. The Morgan fingerprint density at radius 1 is 0.872 bits per heavy atom. The number of carboxylic acids is 2. The van der Waals surface area contributed by atoms with E-state index in [1.165, 1.54) is 0 Å². The maximum atomic E-state index is 12.9. The van der Waals surface area contributed by atoms with Crippen LogP contribution in [0.4, 0.5) is 0 Å². The van der Waals surface area contributed by atoms with Gasteiger partial charge in [-0.25, -0.2) is 4.79 Å². The number of benzene rings is 1. The summed E-state index contributed by atoms with van der Waals surface area (Å²) in [6, 6.07) is 2.03. The number of aliphatic carboxylic acids is 2. The maximum absolute atomic E-state index is 12.9. The Hall–Kier alpha value is -4.11. The third kappa shape index (κ3) is 9.61. The fourth-order valence-electron chi connectivity index (χ4n) is 3.70. The zero-order chi connectivity index (χ0) is 29.1. The third-order valence-corrected chi connectivity index (χ3v) is 6.21. The fraction of sp³-hybridized carbons (Fsp3) is 0.417. The smallest absolute Gasteiger partial charge is 0.326 e. The number of aromatic nitrogens is 1. The number of para-hydroxylation sites is 1. The number of thiol groups is 1. The van der Waals surface area contributed by atoms with Crippen molar-refractivity contribution in [3.8, 4) is 0 Å². The lowest BCUT2D eigenvalue weighted by atomic mass is 10.0. The fourth-order valence-corrected chi connectivity index (χ4v) is 3.96. The third-order valence-electron chi connectivity index (χ3n) is 5.85. The van der Waals surface area contributed by atoms with E-state index in [0.29, 0.717) is 5.56 Å². The number of amides is 4. The van der Waals surface area contributed by atoms with Crippen molar-refractivity contribution in [1.82, 2.24) is 20.9 Å². The molecule has 39 heavy (non-hydrogen) atoms. The number of carboxylic acid groups (broad SMARTS) is 2. The van der Waals surface area contributed by atoms with E-state index in [4.69, 9.17) is 16.6 Å². The molecule has 1 heterocycles. The lowest BCUT2D eigenvalue weighted by Gasteiger charge is -2.24. The molecule has 0 fully saturated rings. The highest BCUT2D eigenvalue weighted by Gasteiger charge is 2.30. The van der Waals surface area contributed by atoms with E-state index in [0.717, 1.165) is 10.9 Å². The van der Waals surface area contributed by atoms with Gasteiger partial charge in [0, 0.05) is 42.1 Å². The molecule has 0 aliphatic carbocycles. The molecule has 1 aromatic carbocycles. The van der Waals surface area contributed by atoms with Gasteiger partial charge in [-0.15, -0.1) is 0 Å². The molecule has 4 amide bonds. The predicted octanol–water partition coefficient (Wildman–Crippen LogP) is -1.36. The Kier molecular flexibility index (Phi) is 11.7. The van der Waals surface area contributed by atoms with E-state index in [-0.39, 0.29) is 31.4 Å². The second-order valence-corrected chi connectivity index (χ2v) is 9.18. The molecule has 212 valence electrons. The van der Waals surface area contributed by atoms with Crippen molar-refractivity contribution >= 4 is 59.1 Å². The summed E-state index contributed by atoms with van der Waals surface area (Å²) in [4.78, 5) is 75.1. The molecule has 10 N–H and O–H groups in total. The first kappa shape index (κ1) is 31.1. The molecule has 0 saturated heterocycles. The summed E-state index contributed by atoms with van der Waals surface area (Å²) in [6.45, 7) is 0. The predicted molar refractivity (Wildman–Crippen MR) is 143 cm³/mol. The number of fused-ring (bicyclic) bond motifs is 1. The van der Waals surface area contributed by atoms with Gasteiger partial charge in [0.1, 0.15) is 18.1 Å². The molecule has 0 radical (unpaired) electrons. The summed E-state index contributed by atoms with van der Waals surface area (Å²) in [7, 11) is 0. The number of primary amides is 1. The number of hydrogen-bond acceptors (Lipinski definition) is 8. The molecular weight excluding hydrogens is 532 g/mol. The van der Waals surface area contributed by atoms with Crippen molar-refractivity contribution in [2.24, 2.45) is 11.5 Å². The van der Waals surface area contributed by atoms with Gasteiger partial charge in [-0.3, -0.25) is 24.0 Å². The molecule has 0 aliphatic rings. The minimum atomic E-state index is -1.38. The quantitative estimate of drug-likeness (QED) is 0.109. The van der Waals surface area contributed by atoms with Crippen LogP contribution in [-0.4, -0.2) is 80.7 Å². The summed E-state index contributed by atoms with van der Waals surface area (Å²) >= 11 is 4.07. The topological polar surface area (TPSA) is 247 Å². The summed E-state index contributed by atoms with van der Waals surface area (Å²) in [5.41, 5.74) is 12.2. The van der Waals surface area contributed by atoms with Crippen LogP contribution in [0.25, 0.3) is 10.9 Å². The first-order chi connectivity index (χ1) is 18.4. The largest absolute Gasteiger partial charge is 0.481 e. The van der Waals surface area contributed by atoms with Gasteiger partial charge in [-0.1, -0.05) is 18.2 Å². The highest BCUT2D eigenvalue weighted by molar-refractivity contribution is 7.80. The van der Waals surface area contributed by atoms with E-state index in [1.807, 2.05) is 18.2 Å². The monoisotopic (exact) mass is 564 g/mol. The SMILES string of the molecule is NC(=O)CCC(N)C(=O)NC(CCC(=O)O)C(=O)NC(CS)C(=O)NC(Cc1c[nH]c2ccccc12)C(=O)O. The van der Waals surface area contributed by atoms with Crippen LogP contribution >= 0.6 is 12.6 Å². The van der Waals surface area contributed by atoms with Crippen molar-refractivity contribution in [2.75, 3.05) is 5.75 Å². The Balaban J connectivity index is 2.09. The summed E-state index contributed by atoms with van der Waals surface area (Å²) in [5.74, 6) is -5.99. The molecule has 0 bridgehead atoms. The van der Waals surface area contributed by atoms with Crippen LogP contribution in [0, 0.1) is 0 Å². The second kappa shape index (κ2) is 14.7. The zero-order valence-corrected chi connectivity index (χ0v) is 21.8. The molecule has 4 atom stereocenters. The number of hydrogen-bond donors (Lipinski definition) is 9. The minimum Gasteiger partial charge on any atom is -0.481 e. The molecule has 15 heteroatoms. The van der Waals surface area contributed by atoms with Crippen LogP contribution in [0.5, 0.6) is 0 Å². The van der Waals surface area contributed by atoms with Gasteiger partial charge >= 0.3 is 11.9 Å². The van der Waals surface area contributed by atoms with Crippen LogP contribution in [0.3, 0.4) is 0 Å². The van der Waals surface area contributed by atoms with Gasteiger partial charge in [-0.05, 0) is 24.5 Å². The van der Waals surface area contributed by atoms with Crippen molar-refractivity contribution in [2.45, 2.75) is 56.3 Å². The highest BCUT2D eigenvalue weighted by atomic mass is 32.1. The van der Waals surface area contributed by atoms with Crippen LogP contribution in [0.1, 0.15) is 31.2 Å². The Morgan fingerprint density at radius 3 is 2.10 bits per heavy atom. The standard InChI is InChI=1S/C24H32N6O8S/c25-14(5-7-19(26)31)21(34)28-16(6-8-20(32)33)22(35)30-18(11-39)23(36)29-17(24(37)38)9-12-10-27-15-4-2-1-3-13(12)15/h1-4,10,14,16-18,27,39H,5-9,11,25H2,(H2,26,31)(H,28,34)(H,29,36)(H,30,35)(H,32,33)(H,37,38). The van der Waals surface area contributed by atoms with Gasteiger partial charge in [0.15, 0.2) is 0 Å². The summed E-state index contributed by atoms with van der Waals surface area (Å²) in [5, 5.41) is 26.6. The number of H-pyrrole nitrogens is 1. The van der Waals surface area contributed by atoms with Gasteiger partial charge < -0.3 is 42.6 Å². The van der Waals surface area contributed by atoms with Crippen molar-refractivity contribution in [3.05, 3.63) is 36.0 Å². The molecule has 0 saturated carbocycles. The second-order valence-electron chi connectivity index (χ2n) is 8.81. The summed E-state index contributed by atoms with van der Waals surface area (Å²) < 4.78 is 0. The van der Waals surface area contributed by atoms with Gasteiger partial charge in [-0.2, -0.15) is 12.6 Å². The van der Waals surface area contributed by atoms with Crippen molar-refractivity contribution < 1.29 is 39.0 Å². The van der Waals surface area contributed by atoms with Gasteiger partial charge in [0.2, 0.25) is 23.6 Å². The van der Waals surface area contributed by atoms with Gasteiger partial charge in [0.25, 0.3) is 0 Å². The molecule has 0 aliphatic heterocycles. The minimum absolute atomic E-state index is 0.0428. The van der Waals surface area contributed by atoms with Crippen LogP contribution < -0.4 is 27.4 Å². The number of aromatic amines is 1.